The van der Waals surface area contributed by atoms with Crippen LogP contribution < -0.4 is 4.90 Å². The summed E-state index contributed by atoms with van der Waals surface area (Å²) in [6.07, 6.45) is -2.75. The zero-order valence-corrected chi connectivity index (χ0v) is 22.5. The molecule has 1 saturated heterocycles. The Labute approximate surface area is 227 Å². The molecule has 0 N–H and O–H groups in total. The van der Waals surface area contributed by atoms with Crippen molar-refractivity contribution in [3.63, 3.8) is 0 Å². The smallest absolute Gasteiger partial charge is 0.335 e. The third-order valence-corrected chi connectivity index (χ3v) is 7.83. The Morgan fingerprint density at radius 3 is 2.51 bits per heavy atom. The van der Waals surface area contributed by atoms with Crippen molar-refractivity contribution in [2.24, 2.45) is 7.05 Å². The summed E-state index contributed by atoms with van der Waals surface area (Å²) in [4.78, 5) is 11.4. The molecular formula is C27H27F5N6S. The molecule has 1 unspecified atom stereocenters. The van der Waals surface area contributed by atoms with Crippen molar-refractivity contribution in [3.05, 3.63) is 70.9 Å². The molecule has 0 spiro atoms. The van der Waals surface area contributed by atoms with Crippen LogP contribution in [-0.4, -0.2) is 55.5 Å². The van der Waals surface area contributed by atoms with Gasteiger partial charge in [-0.3, -0.25) is 0 Å². The second-order valence-corrected chi connectivity index (χ2v) is 10.8. The largest absolute Gasteiger partial charge is 0.419 e. The molecule has 6 nitrogen and oxygen atoms in total. The molecule has 39 heavy (non-hydrogen) atoms. The van der Waals surface area contributed by atoms with E-state index in [0.29, 0.717) is 24.2 Å². The fraction of sp³-hybridized carbons (Fsp3) is 0.370. The molecule has 2 aromatic heterocycles. The third-order valence-electron chi connectivity index (χ3n) is 6.88. The number of halogens is 5. The molecule has 0 amide bonds. The van der Waals surface area contributed by atoms with Gasteiger partial charge < -0.3 is 4.90 Å². The maximum atomic E-state index is 15.1. The van der Waals surface area contributed by atoms with Gasteiger partial charge in [-0.2, -0.15) is 23.3 Å². The van der Waals surface area contributed by atoms with Crippen LogP contribution >= 0.6 is 11.9 Å². The van der Waals surface area contributed by atoms with E-state index >= 15 is 4.39 Å². The lowest BCUT2D eigenvalue weighted by Crippen LogP contribution is -2.52. The van der Waals surface area contributed by atoms with Crippen molar-refractivity contribution < 1.29 is 22.0 Å². The zero-order chi connectivity index (χ0) is 27.9. The molecule has 1 aliphatic rings. The minimum atomic E-state index is -4.99. The van der Waals surface area contributed by atoms with Crippen LogP contribution in [0.2, 0.25) is 0 Å². The molecule has 3 heterocycles. The number of aromatic nitrogens is 4. The van der Waals surface area contributed by atoms with Gasteiger partial charge in [0.05, 0.1) is 10.9 Å². The Morgan fingerprint density at radius 2 is 1.82 bits per heavy atom. The van der Waals surface area contributed by atoms with E-state index in [9.17, 15) is 17.6 Å². The van der Waals surface area contributed by atoms with Crippen LogP contribution in [0.3, 0.4) is 0 Å². The van der Waals surface area contributed by atoms with E-state index in [1.54, 1.807) is 19.0 Å². The Bertz CT molecular complexity index is 1490. The number of benzene rings is 2. The Kier molecular flexibility index (Phi) is 7.51. The number of rotatable bonds is 6. The molecule has 0 saturated carbocycles. The van der Waals surface area contributed by atoms with Crippen LogP contribution in [0.15, 0.2) is 42.6 Å². The molecular weight excluding hydrogens is 535 g/mol. The summed E-state index contributed by atoms with van der Waals surface area (Å²) in [6, 6.07) is 10.7. The number of aryl methyl sites for hydroxylation is 1. The van der Waals surface area contributed by atoms with E-state index in [1.165, 1.54) is 16.4 Å². The zero-order valence-electron chi connectivity index (χ0n) is 21.6. The molecule has 5 rings (SSSR count). The highest BCUT2D eigenvalue weighted by molar-refractivity contribution is 7.96. The van der Waals surface area contributed by atoms with Crippen LogP contribution in [0.25, 0.3) is 22.3 Å². The van der Waals surface area contributed by atoms with Gasteiger partial charge >= 0.3 is 6.18 Å². The summed E-state index contributed by atoms with van der Waals surface area (Å²) >= 11 is 1.79. The van der Waals surface area contributed by atoms with Gasteiger partial charge in [0.15, 0.2) is 5.65 Å². The summed E-state index contributed by atoms with van der Waals surface area (Å²) in [5.41, 5.74) is -1.26. The minimum Gasteiger partial charge on any atom is -0.335 e. The van der Waals surface area contributed by atoms with Crippen LogP contribution in [0.1, 0.15) is 23.6 Å². The molecule has 1 atom stereocenters. The predicted molar refractivity (Wildman–Crippen MR) is 142 cm³/mol. The molecule has 0 radical (unpaired) electrons. The van der Waals surface area contributed by atoms with Crippen molar-refractivity contribution in [3.8, 4) is 11.3 Å². The fourth-order valence-corrected chi connectivity index (χ4v) is 5.82. The van der Waals surface area contributed by atoms with Crippen molar-refractivity contribution >= 4 is 28.9 Å². The standard InChI is InChI=1S/C27H27F5N6S/c1-4-39-37-10-11-38(18(15-37)12-17-8-6-5-7-9-17)26-33-14-20-24(35-36(3)25(20)34-26)19-13-21(27(30,31)32)23(29)16(2)22(19)28/h5-9,13-14,18H,4,10-12,15H2,1-3H3. The third kappa shape index (κ3) is 5.31. The van der Waals surface area contributed by atoms with Gasteiger partial charge in [-0.25, -0.2) is 22.8 Å². The first-order chi connectivity index (χ1) is 18.6. The summed E-state index contributed by atoms with van der Waals surface area (Å²) in [7, 11) is 1.58. The van der Waals surface area contributed by atoms with Gasteiger partial charge in [-0.05, 0) is 25.0 Å². The molecule has 0 aliphatic carbocycles. The number of fused-ring (bicyclic) bond motifs is 1. The lowest BCUT2D eigenvalue weighted by Gasteiger charge is -2.41. The van der Waals surface area contributed by atoms with Crippen molar-refractivity contribution in [2.45, 2.75) is 32.5 Å². The Balaban J connectivity index is 1.55. The van der Waals surface area contributed by atoms with E-state index in [1.807, 2.05) is 18.2 Å². The molecule has 1 fully saturated rings. The second-order valence-electron chi connectivity index (χ2n) is 9.44. The first-order valence-electron chi connectivity index (χ1n) is 12.5. The van der Waals surface area contributed by atoms with E-state index < -0.39 is 34.5 Å². The summed E-state index contributed by atoms with van der Waals surface area (Å²) in [5, 5.41) is 4.56. The van der Waals surface area contributed by atoms with Crippen LogP contribution in [0.4, 0.5) is 27.9 Å². The van der Waals surface area contributed by atoms with Gasteiger partial charge in [0, 0.05) is 55.8 Å². The lowest BCUT2D eigenvalue weighted by molar-refractivity contribution is -0.140. The Morgan fingerprint density at radius 1 is 1.08 bits per heavy atom. The molecule has 4 aromatic rings. The number of piperazine rings is 1. The van der Waals surface area contributed by atoms with Gasteiger partial charge in [0.2, 0.25) is 5.95 Å². The predicted octanol–water partition coefficient (Wildman–Crippen LogP) is 6.04. The summed E-state index contributed by atoms with van der Waals surface area (Å²) < 4.78 is 73.5. The van der Waals surface area contributed by atoms with Crippen LogP contribution in [0, 0.1) is 18.6 Å². The molecule has 1 aliphatic heterocycles. The second kappa shape index (κ2) is 10.7. The maximum absolute atomic E-state index is 15.1. The van der Waals surface area contributed by atoms with Gasteiger partial charge in [0.1, 0.15) is 17.3 Å². The number of anilines is 1. The highest BCUT2D eigenvalue weighted by atomic mass is 32.2. The monoisotopic (exact) mass is 562 g/mol. The van der Waals surface area contributed by atoms with Gasteiger partial charge in [-0.15, -0.1) is 0 Å². The normalized spacial score (nSPS) is 16.8. The maximum Gasteiger partial charge on any atom is 0.419 e. The number of hydrogen-bond donors (Lipinski definition) is 0. The highest BCUT2D eigenvalue weighted by Crippen LogP contribution is 2.39. The molecule has 12 heteroatoms. The van der Waals surface area contributed by atoms with E-state index in [4.69, 9.17) is 4.98 Å². The topological polar surface area (TPSA) is 50.1 Å². The minimum absolute atomic E-state index is 0.0739. The molecule has 2 aromatic carbocycles. The van der Waals surface area contributed by atoms with Gasteiger partial charge in [0.25, 0.3) is 0 Å². The number of nitrogens with zero attached hydrogens (tertiary/aromatic N) is 6. The number of alkyl halides is 3. The van der Waals surface area contributed by atoms with Gasteiger partial charge in [-0.1, -0.05) is 49.2 Å². The SMILES string of the molecule is CCSN1CCN(c2ncc3c(-c4cc(C(F)(F)F)c(F)c(C)c4F)nn(C)c3n2)C(Cc2ccccc2)C1. The Hall–Kier alpha value is -3.25. The first kappa shape index (κ1) is 27.3. The summed E-state index contributed by atoms with van der Waals surface area (Å²) in [6.45, 7) is 5.38. The van der Waals surface area contributed by atoms with E-state index in [2.05, 4.69) is 38.3 Å². The highest BCUT2D eigenvalue weighted by Gasteiger charge is 2.37. The quantitative estimate of drug-likeness (QED) is 0.211. The van der Waals surface area contributed by atoms with Crippen molar-refractivity contribution in [2.75, 3.05) is 30.3 Å². The molecule has 0 bridgehead atoms. The van der Waals surface area contributed by atoms with Crippen molar-refractivity contribution in [1.82, 2.24) is 24.1 Å². The first-order valence-corrected chi connectivity index (χ1v) is 13.5. The average molecular weight is 563 g/mol. The van der Waals surface area contributed by atoms with Crippen molar-refractivity contribution in [1.29, 1.82) is 0 Å². The lowest BCUT2D eigenvalue weighted by atomic mass is 10.0. The van der Waals surface area contributed by atoms with Crippen LogP contribution in [0.5, 0.6) is 0 Å². The van der Waals surface area contributed by atoms with Crippen LogP contribution in [-0.2, 0) is 19.6 Å². The summed E-state index contributed by atoms with van der Waals surface area (Å²) in [5.74, 6) is -1.30. The average Bonchev–Trinajstić information content (AvgIpc) is 3.23. The van der Waals surface area contributed by atoms with E-state index in [-0.39, 0.29) is 17.1 Å². The number of hydrogen-bond acceptors (Lipinski definition) is 6. The fourth-order valence-electron chi connectivity index (χ4n) is 4.97. The van der Waals surface area contributed by atoms with E-state index in [0.717, 1.165) is 32.2 Å². The molecule has 206 valence electrons.